The Labute approximate surface area is 500 Å². The maximum absolute atomic E-state index is 13.3. The molecule has 0 aliphatic rings. The van der Waals surface area contributed by atoms with Gasteiger partial charge in [-0.3, -0.25) is 60.1 Å². The zero-order valence-electron chi connectivity index (χ0n) is 50.5. The molecular weight excluding hydrogens is 1120 g/mol. The van der Waals surface area contributed by atoms with Crippen molar-refractivity contribution in [1.82, 2.24) is 43.0 Å². The molecule has 0 radical (unpaired) electrons. The van der Waals surface area contributed by atoms with Crippen LogP contribution in [0.15, 0.2) is 72.8 Å². The zero-order valence-corrected chi connectivity index (χ0v) is 50.5. The molecule has 86 heavy (non-hydrogen) atoms. The van der Waals surface area contributed by atoms with Gasteiger partial charge in [-0.05, 0) is 164 Å². The largest absolute Gasteiger partial charge is 0.496 e. The average molecular weight is 1200 g/mol. The van der Waals surface area contributed by atoms with Gasteiger partial charge in [-0.25, -0.2) is 9.59 Å². The summed E-state index contributed by atoms with van der Waals surface area (Å²) < 4.78 is 33.1. The SMILES string of the molecule is COc1ccc(NC(C)=O)cc1C(=O)NNC(=O)[C@H](CCCCNC(=O)CCCOc1ccc2ccc(OCCCC(=O)NCCCC[C@@H](NC(=O)OC(C)(C)C)C(=O)NNC(=O)c3cc(NC(C)=O)ccc3OC)cc2c1)NC(=O)OC(C)(C)C. The highest BCUT2D eigenvalue weighted by molar-refractivity contribution is 6.01. The number of hydrogen-bond acceptors (Lipinski definition) is 16. The zero-order chi connectivity index (χ0) is 63.4. The number of methoxy groups -OCH3 is 2. The van der Waals surface area contributed by atoms with Crippen LogP contribution < -0.4 is 72.6 Å². The number of benzene rings is 4. The summed E-state index contributed by atoms with van der Waals surface area (Å²) in [5.74, 6) is -2.39. The van der Waals surface area contributed by atoms with E-state index in [9.17, 15) is 47.9 Å². The number of carbonyl (C=O) groups excluding carboxylic acids is 10. The van der Waals surface area contributed by atoms with Gasteiger partial charge in [0.05, 0.1) is 38.6 Å². The highest BCUT2D eigenvalue weighted by atomic mass is 16.6. The first-order chi connectivity index (χ1) is 40.7. The summed E-state index contributed by atoms with van der Waals surface area (Å²) in [5, 5.41) is 17.8. The summed E-state index contributed by atoms with van der Waals surface area (Å²) in [7, 11) is 2.73. The molecule has 10 N–H and O–H groups in total. The molecule has 0 unspecified atom stereocenters. The number of nitrogens with one attached hydrogen (secondary N) is 10. The summed E-state index contributed by atoms with van der Waals surface area (Å²) in [4.78, 5) is 126. The first kappa shape index (κ1) is 69.1. The summed E-state index contributed by atoms with van der Waals surface area (Å²) >= 11 is 0. The lowest BCUT2D eigenvalue weighted by molar-refractivity contribution is -0.124. The standard InChI is InChI=1S/C60H82N10O16/c1-37(71)63-41-23-27-49(81-9)45(35-41)53(75)67-69-55(77)47(65-57(79)85-59(3,4)5)17-11-13-29-61-51(73)19-15-31-83-43-25-21-39-22-26-44(34-40(39)33-43)84-32-16-20-52(74)62-30-14-12-18-48(66-58(80)86-60(6,7)8)56(78)70-68-54(76)46-36-42(64-38(2)72)24-28-50(46)82-10/h21-28,33-36,47-48H,11-20,29-32H2,1-10H3,(H,61,73)(H,62,74)(H,63,71)(H,64,72)(H,65,79)(H,66,80)(H,67,75)(H,68,76)(H,69,77)(H,70,78)/t47-,48+. The van der Waals surface area contributed by atoms with Gasteiger partial charge in [0.2, 0.25) is 23.6 Å². The van der Waals surface area contributed by atoms with E-state index in [1.165, 1.54) is 52.3 Å². The third kappa shape index (κ3) is 26.1. The van der Waals surface area contributed by atoms with E-state index < -0.39 is 59.1 Å². The van der Waals surface area contributed by atoms with Crippen LogP contribution in [0.1, 0.15) is 140 Å². The Kier molecular flexibility index (Phi) is 27.7. The third-order valence-electron chi connectivity index (χ3n) is 12.0. The van der Waals surface area contributed by atoms with Crippen LogP contribution in [0.5, 0.6) is 23.0 Å². The van der Waals surface area contributed by atoms with Crippen molar-refractivity contribution in [2.24, 2.45) is 0 Å². The molecule has 0 fully saturated rings. The van der Waals surface area contributed by atoms with Crippen molar-refractivity contribution in [3.8, 4) is 23.0 Å². The fraction of sp³-hybridized carbons (Fsp3) is 0.467. The van der Waals surface area contributed by atoms with Crippen molar-refractivity contribution in [2.75, 3.05) is 51.2 Å². The molecule has 0 heterocycles. The number of rotatable bonds is 30. The molecule has 26 heteroatoms. The van der Waals surface area contributed by atoms with Gasteiger partial charge < -0.3 is 60.3 Å². The summed E-state index contributed by atoms with van der Waals surface area (Å²) in [6.45, 7) is 13.9. The van der Waals surface area contributed by atoms with Crippen molar-refractivity contribution in [1.29, 1.82) is 0 Å². The van der Waals surface area contributed by atoms with Crippen molar-refractivity contribution >= 4 is 81.6 Å². The molecule has 2 atom stereocenters. The predicted octanol–water partition coefficient (Wildman–Crippen LogP) is 6.37. The molecule has 0 aliphatic heterocycles. The number of ether oxygens (including phenoxy) is 6. The van der Waals surface area contributed by atoms with Crippen LogP contribution in [0, 0.1) is 0 Å². The quantitative estimate of drug-likeness (QED) is 0.0200. The van der Waals surface area contributed by atoms with E-state index in [0.29, 0.717) is 74.5 Å². The number of unbranched alkanes of at least 4 members (excludes halogenated alkanes) is 2. The molecule has 4 rings (SSSR count). The van der Waals surface area contributed by atoms with Gasteiger partial charge in [0.1, 0.15) is 46.3 Å². The van der Waals surface area contributed by atoms with Crippen molar-refractivity contribution < 1.29 is 76.4 Å². The van der Waals surface area contributed by atoms with Crippen LogP contribution in [0.2, 0.25) is 0 Å². The molecule has 0 bridgehead atoms. The molecular formula is C60H82N10O16. The van der Waals surface area contributed by atoms with Gasteiger partial charge in [0.25, 0.3) is 23.6 Å². The predicted molar refractivity (Wildman–Crippen MR) is 319 cm³/mol. The van der Waals surface area contributed by atoms with Gasteiger partial charge in [0, 0.05) is 51.2 Å². The number of fused-ring (bicyclic) bond motifs is 1. The van der Waals surface area contributed by atoms with Crippen LogP contribution in [0.25, 0.3) is 10.8 Å². The van der Waals surface area contributed by atoms with Gasteiger partial charge in [0.15, 0.2) is 0 Å². The van der Waals surface area contributed by atoms with E-state index >= 15 is 0 Å². The van der Waals surface area contributed by atoms with Gasteiger partial charge in [-0.1, -0.05) is 12.1 Å². The first-order valence-electron chi connectivity index (χ1n) is 28.2. The van der Waals surface area contributed by atoms with Crippen molar-refractivity contribution in [3.63, 3.8) is 0 Å². The minimum atomic E-state index is -1.11. The fourth-order valence-corrected chi connectivity index (χ4v) is 8.12. The number of hydrazine groups is 2. The Balaban J connectivity index is 1.14. The van der Waals surface area contributed by atoms with Gasteiger partial charge in [-0.15, -0.1) is 0 Å². The molecule has 0 spiro atoms. The molecule has 26 nitrogen and oxygen atoms in total. The lowest BCUT2D eigenvalue weighted by Crippen LogP contribution is -2.53. The molecule has 0 aliphatic carbocycles. The van der Waals surface area contributed by atoms with Crippen LogP contribution in [0.3, 0.4) is 0 Å². The normalized spacial score (nSPS) is 11.7. The number of anilines is 2. The van der Waals surface area contributed by atoms with E-state index in [1.807, 2.05) is 36.4 Å². The Hall–Kier alpha value is -9.36. The van der Waals surface area contributed by atoms with Gasteiger partial charge in [-0.2, -0.15) is 0 Å². The van der Waals surface area contributed by atoms with Crippen LogP contribution in [0.4, 0.5) is 21.0 Å². The van der Waals surface area contributed by atoms with Crippen LogP contribution >= 0.6 is 0 Å². The molecule has 0 aromatic heterocycles. The summed E-state index contributed by atoms with van der Waals surface area (Å²) in [6, 6.07) is 17.9. The fourth-order valence-electron chi connectivity index (χ4n) is 8.12. The lowest BCUT2D eigenvalue weighted by atomic mass is 10.1. The second-order valence-electron chi connectivity index (χ2n) is 21.7. The number of amides is 10. The average Bonchev–Trinajstić information content (AvgIpc) is 2.97. The molecule has 468 valence electrons. The Bertz CT molecular complexity index is 2820. The maximum Gasteiger partial charge on any atom is 0.408 e. The monoisotopic (exact) mass is 1200 g/mol. The van der Waals surface area contributed by atoms with E-state index in [1.54, 1.807) is 53.7 Å². The minimum absolute atomic E-state index is 0.0341. The summed E-state index contributed by atoms with van der Waals surface area (Å²) in [5.41, 5.74) is 8.37. The molecule has 10 amide bonds. The first-order valence-corrected chi connectivity index (χ1v) is 28.2. The Morgan fingerprint density at radius 2 is 0.860 bits per heavy atom. The number of carbonyl (C=O) groups is 10. The number of hydrogen-bond donors (Lipinski definition) is 10. The lowest BCUT2D eigenvalue weighted by Gasteiger charge is -2.23. The molecule has 0 saturated heterocycles. The van der Waals surface area contributed by atoms with Crippen molar-refractivity contribution in [3.05, 3.63) is 83.9 Å². The topological polar surface area (TPSA) is 346 Å². The van der Waals surface area contributed by atoms with E-state index in [4.69, 9.17) is 28.4 Å². The molecule has 0 saturated carbocycles. The van der Waals surface area contributed by atoms with E-state index in [-0.39, 0.29) is 85.2 Å². The Morgan fingerprint density at radius 1 is 0.465 bits per heavy atom. The molecule has 4 aromatic rings. The van der Waals surface area contributed by atoms with E-state index in [2.05, 4.69) is 53.6 Å². The minimum Gasteiger partial charge on any atom is -0.496 e. The highest BCUT2D eigenvalue weighted by Gasteiger charge is 2.27. The van der Waals surface area contributed by atoms with Crippen molar-refractivity contribution in [2.45, 2.75) is 143 Å². The number of alkyl carbamates (subject to hydrolysis) is 2. The second-order valence-corrected chi connectivity index (χ2v) is 21.7. The maximum atomic E-state index is 13.3. The van der Waals surface area contributed by atoms with Crippen LogP contribution in [-0.4, -0.2) is 123 Å². The smallest absolute Gasteiger partial charge is 0.408 e. The van der Waals surface area contributed by atoms with Gasteiger partial charge >= 0.3 is 12.2 Å². The second kappa shape index (κ2) is 34.4. The molecule has 4 aromatic carbocycles. The summed E-state index contributed by atoms with van der Waals surface area (Å²) in [6.07, 6.45) is 1.66. The van der Waals surface area contributed by atoms with E-state index in [0.717, 1.165) is 10.8 Å². The Morgan fingerprint density at radius 3 is 1.22 bits per heavy atom. The third-order valence-corrected chi connectivity index (χ3v) is 12.0. The van der Waals surface area contributed by atoms with Crippen LogP contribution in [-0.2, 0) is 38.2 Å². The highest BCUT2D eigenvalue weighted by Crippen LogP contribution is 2.27.